The van der Waals surface area contributed by atoms with Crippen LogP contribution in [0.25, 0.3) is 0 Å². The molecule has 0 radical (unpaired) electrons. The molecule has 1 aliphatic rings. The van der Waals surface area contributed by atoms with Gasteiger partial charge in [-0.2, -0.15) is 0 Å². The van der Waals surface area contributed by atoms with Crippen molar-refractivity contribution in [2.45, 2.75) is 47.0 Å². The van der Waals surface area contributed by atoms with Gasteiger partial charge in [-0.25, -0.2) is 0 Å². The highest BCUT2D eigenvalue weighted by Crippen LogP contribution is 2.28. The van der Waals surface area contributed by atoms with Crippen molar-refractivity contribution in [3.05, 3.63) is 0 Å². The summed E-state index contributed by atoms with van der Waals surface area (Å²) in [4.78, 5) is 24.9. The Bertz CT molecular complexity index is 315. The molecule has 0 unspecified atom stereocenters. The molecule has 1 amide bonds. The van der Waals surface area contributed by atoms with Crippen molar-refractivity contribution in [2.24, 2.45) is 17.3 Å². The molecule has 4 heteroatoms. The van der Waals surface area contributed by atoms with Crippen LogP contribution in [0, 0.1) is 17.3 Å². The van der Waals surface area contributed by atoms with Gasteiger partial charge in [0.2, 0.25) is 5.91 Å². The van der Waals surface area contributed by atoms with E-state index in [0.717, 1.165) is 13.1 Å². The maximum Gasteiger partial charge on any atom is 0.303 e. The molecule has 1 N–H and O–H groups in total. The molecule has 104 valence electrons. The van der Waals surface area contributed by atoms with E-state index in [0.29, 0.717) is 18.3 Å². The maximum atomic E-state index is 12.2. The van der Waals surface area contributed by atoms with Gasteiger partial charge < -0.3 is 10.0 Å². The molecule has 0 saturated carbocycles. The second kappa shape index (κ2) is 5.72. The smallest absolute Gasteiger partial charge is 0.303 e. The van der Waals surface area contributed by atoms with Crippen LogP contribution >= 0.6 is 0 Å². The minimum Gasteiger partial charge on any atom is -0.481 e. The Balaban J connectivity index is 2.56. The van der Waals surface area contributed by atoms with E-state index in [1.54, 1.807) is 0 Å². The molecule has 0 aliphatic carbocycles. The Morgan fingerprint density at radius 3 is 2.11 bits per heavy atom. The monoisotopic (exact) mass is 255 g/mol. The van der Waals surface area contributed by atoms with Gasteiger partial charge in [0.25, 0.3) is 0 Å². The molecule has 2 atom stereocenters. The van der Waals surface area contributed by atoms with Gasteiger partial charge in [-0.15, -0.1) is 0 Å². The van der Waals surface area contributed by atoms with Crippen molar-refractivity contribution in [2.75, 3.05) is 13.1 Å². The van der Waals surface area contributed by atoms with E-state index >= 15 is 0 Å². The molecule has 1 heterocycles. The topological polar surface area (TPSA) is 57.6 Å². The van der Waals surface area contributed by atoms with Crippen LogP contribution in [0.4, 0.5) is 0 Å². The number of carboxylic acid groups (broad SMARTS) is 1. The van der Waals surface area contributed by atoms with Crippen LogP contribution in [0.3, 0.4) is 0 Å². The van der Waals surface area contributed by atoms with Crippen LogP contribution in [0.5, 0.6) is 0 Å². The van der Waals surface area contributed by atoms with E-state index < -0.39 is 11.4 Å². The lowest BCUT2D eigenvalue weighted by Gasteiger charge is -2.36. The van der Waals surface area contributed by atoms with Gasteiger partial charge in [0.1, 0.15) is 0 Å². The van der Waals surface area contributed by atoms with Gasteiger partial charge in [0.15, 0.2) is 0 Å². The molecule has 0 aromatic carbocycles. The third-order valence-corrected chi connectivity index (χ3v) is 3.48. The van der Waals surface area contributed by atoms with Crippen molar-refractivity contribution >= 4 is 11.9 Å². The summed E-state index contributed by atoms with van der Waals surface area (Å²) in [6, 6.07) is 0. The number of likely N-dealkylation sites (tertiary alicyclic amines) is 1. The lowest BCUT2D eigenvalue weighted by Crippen LogP contribution is -2.44. The normalized spacial score (nSPS) is 25.0. The fourth-order valence-electron chi connectivity index (χ4n) is 2.86. The fourth-order valence-corrected chi connectivity index (χ4v) is 2.86. The fraction of sp³-hybridized carbons (Fsp3) is 0.857. The summed E-state index contributed by atoms with van der Waals surface area (Å²) in [7, 11) is 0. The number of carboxylic acids is 1. The lowest BCUT2D eigenvalue weighted by atomic mass is 9.84. The van der Waals surface area contributed by atoms with Crippen LogP contribution < -0.4 is 0 Å². The minimum absolute atomic E-state index is 0.0394. The number of nitrogens with zero attached hydrogens (tertiary/aromatic N) is 1. The summed E-state index contributed by atoms with van der Waals surface area (Å²) >= 11 is 0. The zero-order valence-corrected chi connectivity index (χ0v) is 11.9. The minimum atomic E-state index is -0.840. The first kappa shape index (κ1) is 15.0. The summed E-state index contributed by atoms with van der Waals surface area (Å²) in [6.45, 7) is 9.64. The second-order valence-corrected chi connectivity index (χ2v) is 6.66. The van der Waals surface area contributed by atoms with E-state index in [1.807, 2.05) is 18.7 Å². The van der Waals surface area contributed by atoms with Gasteiger partial charge in [-0.3, -0.25) is 9.59 Å². The molecule has 1 rings (SSSR count). The van der Waals surface area contributed by atoms with E-state index in [1.165, 1.54) is 6.42 Å². The highest BCUT2D eigenvalue weighted by molar-refractivity contribution is 5.78. The van der Waals surface area contributed by atoms with Gasteiger partial charge in [0.05, 0.1) is 6.42 Å². The summed E-state index contributed by atoms with van der Waals surface area (Å²) in [5, 5.41) is 8.83. The largest absolute Gasteiger partial charge is 0.481 e. The Kier molecular flexibility index (Phi) is 4.77. The van der Waals surface area contributed by atoms with E-state index in [-0.39, 0.29) is 12.3 Å². The maximum absolute atomic E-state index is 12.2. The first-order chi connectivity index (χ1) is 8.19. The highest BCUT2D eigenvalue weighted by atomic mass is 16.4. The zero-order valence-electron chi connectivity index (χ0n) is 11.9. The van der Waals surface area contributed by atoms with E-state index in [4.69, 9.17) is 5.11 Å². The molecule has 1 fully saturated rings. The Morgan fingerprint density at radius 2 is 1.67 bits per heavy atom. The van der Waals surface area contributed by atoms with Crippen molar-refractivity contribution < 1.29 is 14.7 Å². The zero-order chi connectivity index (χ0) is 13.9. The molecule has 0 spiro atoms. The Labute approximate surface area is 109 Å². The number of hydrogen-bond acceptors (Lipinski definition) is 2. The van der Waals surface area contributed by atoms with Gasteiger partial charge in [0, 0.05) is 19.5 Å². The lowest BCUT2D eigenvalue weighted by molar-refractivity contribution is -0.141. The van der Waals surface area contributed by atoms with Crippen LogP contribution in [0.15, 0.2) is 0 Å². The Morgan fingerprint density at radius 1 is 1.17 bits per heavy atom. The number of rotatable bonds is 4. The standard InChI is InChI=1S/C14H25NO3/c1-10-5-11(2)9-15(8-10)12(16)6-14(3,4)7-13(17)18/h10-11H,5-9H2,1-4H3,(H,17,18)/t10-,11-/m0/s1. The number of hydrogen-bond donors (Lipinski definition) is 1. The van der Waals surface area contributed by atoms with Gasteiger partial charge in [-0.05, 0) is 23.7 Å². The summed E-state index contributed by atoms with van der Waals surface area (Å²) < 4.78 is 0. The quantitative estimate of drug-likeness (QED) is 0.839. The van der Waals surface area contributed by atoms with E-state index in [2.05, 4.69) is 13.8 Å². The SMILES string of the molecule is C[C@H]1C[C@H](C)CN(C(=O)CC(C)(C)CC(=O)O)C1. The van der Waals surface area contributed by atoms with Crippen molar-refractivity contribution in [3.63, 3.8) is 0 Å². The molecule has 0 aromatic heterocycles. The number of piperidine rings is 1. The van der Waals surface area contributed by atoms with E-state index in [9.17, 15) is 9.59 Å². The molecular formula is C14H25NO3. The molecule has 4 nitrogen and oxygen atoms in total. The number of amides is 1. The average Bonchev–Trinajstić information content (AvgIpc) is 2.12. The van der Waals surface area contributed by atoms with Crippen molar-refractivity contribution in [1.82, 2.24) is 4.90 Å². The predicted molar refractivity (Wildman–Crippen MR) is 70.2 cm³/mol. The highest BCUT2D eigenvalue weighted by Gasteiger charge is 2.30. The third kappa shape index (κ3) is 4.67. The Hall–Kier alpha value is -1.06. The van der Waals surface area contributed by atoms with Crippen LogP contribution in [-0.2, 0) is 9.59 Å². The predicted octanol–water partition coefficient (Wildman–Crippen LogP) is 2.38. The van der Waals surface area contributed by atoms with Gasteiger partial charge >= 0.3 is 5.97 Å². The summed E-state index contributed by atoms with van der Waals surface area (Å²) in [6.07, 6.45) is 1.53. The first-order valence-electron chi connectivity index (χ1n) is 6.69. The molecular weight excluding hydrogens is 230 g/mol. The third-order valence-electron chi connectivity index (χ3n) is 3.48. The second-order valence-electron chi connectivity index (χ2n) is 6.66. The average molecular weight is 255 g/mol. The summed E-state index contributed by atoms with van der Waals surface area (Å²) in [5.41, 5.74) is -0.465. The molecule has 0 bridgehead atoms. The molecule has 1 aliphatic heterocycles. The van der Waals surface area contributed by atoms with Crippen molar-refractivity contribution in [3.8, 4) is 0 Å². The number of carbonyl (C=O) groups is 2. The molecule has 0 aromatic rings. The van der Waals surface area contributed by atoms with Gasteiger partial charge in [-0.1, -0.05) is 27.7 Å². The number of aliphatic carboxylic acids is 1. The van der Waals surface area contributed by atoms with Crippen LogP contribution in [-0.4, -0.2) is 35.0 Å². The van der Waals surface area contributed by atoms with Crippen LogP contribution in [0.1, 0.15) is 47.0 Å². The van der Waals surface area contributed by atoms with Crippen LogP contribution in [0.2, 0.25) is 0 Å². The number of carbonyl (C=O) groups excluding carboxylic acids is 1. The first-order valence-corrected chi connectivity index (χ1v) is 6.69. The summed E-state index contributed by atoms with van der Waals surface area (Å²) in [5.74, 6) is 0.341. The molecule has 1 saturated heterocycles. The molecule has 18 heavy (non-hydrogen) atoms. The van der Waals surface area contributed by atoms with Crippen molar-refractivity contribution in [1.29, 1.82) is 0 Å².